The minimum absolute atomic E-state index is 0.0753. The lowest BCUT2D eigenvalue weighted by Gasteiger charge is -2.12. The fourth-order valence-corrected chi connectivity index (χ4v) is 5.23. The fraction of sp³-hybridized carbons (Fsp3) is 0.429. The maximum absolute atomic E-state index is 13.9. The van der Waals surface area contributed by atoms with Crippen molar-refractivity contribution < 1.29 is 17.6 Å². The number of hydrogen-bond donors (Lipinski definition) is 2. The van der Waals surface area contributed by atoms with Crippen LogP contribution in [-0.4, -0.2) is 46.0 Å². The SMILES string of the molecule is CCNS(=O)(=O)CCCn1c(Cc2cc3c(cc2C)CCC3=O)nc2c(N)nc(F)nc21. The molecule has 3 N–H and O–H groups in total. The summed E-state index contributed by atoms with van der Waals surface area (Å²) in [6.45, 7) is 4.26. The first-order chi connectivity index (χ1) is 15.2. The minimum atomic E-state index is -3.40. The van der Waals surface area contributed by atoms with E-state index in [-0.39, 0.29) is 41.5 Å². The molecule has 0 saturated heterocycles. The Balaban J connectivity index is 1.71. The van der Waals surface area contributed by atoms with Gasteiger partial charge in [0.2, 0.25) is 10.0 Å². The molecule has 0 atom stereocenters. The van der Waals surface area contributed by atoms with Crippen LogP contribution in [0.25, 0.3) is 11.2 Å². The van der Waals surface area contributed by atoms with Crippen molar-refractivity contribution in [2.45, 2.75) is 46.1 Å². The van der Waals surface area contributed by atoms with E-state index in [4.69, 9.17) is 5.73 Å². The third-order valence-electron chi connectivity index (χ3n) is 5.66. The van der Waals surface area contributed by atoms with Gasteiger partial charge in [-0.1, -0.05) is 13.0 Å². The van der Waals surface area contributed by atoms with E-state index in [0.717, 1.165) is 28.7 Å². The number of carbonyl (C=O) groups is 1. The van der Waals surface area contributed by atoms with Crippen molar-refractivity contribution in [3.05, 3.63) is 46.3 Å². The second-order valence-electron chi connectivity index (χ2n) is 7.94. The van der Waals surface area contributed by atoms with Crippen LogP contribution in [0, 0.1) is 13.0 Å². The zero-order valence-corrected chi connectivity index (χ0v) is 18.8. The van der Waals surface area contributed by atoms with Crippen LogP contribution in [0.4, 0.5) is 10.2 Å². The van der Waals surface area contributed by atoms with Crippen molar-refractivity contribution >= 4 is 32.8 Å². The Hall–Kier alpha value is -2.92. The minimum Gasteiger partial charge on any atom is -0.382 e. The third kappa shape index (κ3) is 4.35. The molecule has 0 aliphatic heterocycles. The first kappa shape index (κ1) is 22.3. The topological polar surface area (TPSA) is 133 Å². The Morgan fingerprint density at radius 3 is 2.75 bits per heavy atom. The third-order valence-corrected chi connectivity index (χ3v) is 7.22. The lowest BCUT2D eigenvalue weighted by molar-refractivity contribution is 0.0994. The first-order valence-corrected chi connectivity index (χ1v) is 12.1. The van der Waals surface area contributed by atoms with E-state index < -0.39 is 16.1 Å². The molecule has 0 radical (unpaired) electrons. The maximum atomic E-state index is 13.9. The van der Waals surface area contributed by atoms with Crippen LogP contribution >= 0.6 is 0 Å². The second-order valence-corrected chi connectivity index (χ2v) is 9.86. The number of anilines is 1. The van der Waals surface area contributed by atoms with E-state index in [1.807, 2.05) is 19.1 Å². The van der Waals surface area contributed by atoms with Gasteiger partial charge in [-0.25, -0.2) is 18.1 Å². The predicted molar refractivity (Wildman–Crippen MR) is 118 cm³/mol. The molecule has 0 unspecified atom stereocenters. The number of halogens is 1. The van der Waals surface area contributed by atoms with Crippen molar-refractivity contribution in [3.8, 4) is 0 Å². The first-order valence-electron chi connectivity index (χ1n) is 10.5. The van der Waals surface area contributed by atoms with Gasteiger partial charge in [-0.3, -0.25) is 4.79 Å². The van der Waals surface area contributed by atoms with Crippen molar-refractivity contribution in [2.75, 3.05) is 18.0 Å². The number of ketones is 1. The van der Waals surface area contributed by atoms with E-state index in [0.29, 0.717) is 25.2 Å². The Labute approximate surface area is 185 Å². The van der Waals surface area contributed by atoms with E-state index in [2.05, 4.69) is 19.7 Å². The van der Waals surface area contributed by atoms with Gasteiger partial charge in [0.25, 0.3) is 0 Å². The van der Waals surface area contributed by atoms with Crippen LogP contribution in [0.3, 0.4) is 0 Å². The zero-order valence-electron chi connectivity index (χ0n) is 18.0. The Bertz CT molecular complexity index is 1320. The van der Waals surface area contributed by atoms with Gasteiger partial charge in [0, 0.05) is 31.5 Å². The summed E-state index contributed by atoms with van der Waals surface area (Å²) in [5, 5.41) is 0. The number of hydrogen-bond acceptors (Lipinski definition) is 7. The number of nitrogen functional groups attached to an aromatic ring is 1. The van der Waals surface area contributed by atoms with Crippen molar-refractivity contribution in [3.63, 3.8) is 0 Å². The maximum Gasteiger partial charge on any atom is 0.312 e. The Kier molecular flexibility index (Phi) is 5.95. The molecule has 32 heavy (non-hydrogen) atoms. The number of sulfonamides is 1. The van der Waals surface area contributed by atoms with Crippen LogP contribution in [0.2, 0.25) is 0 Å². The number of Topliss-reactive ketones (excluding diaryl/α,β-unsaturated/α-hetero) is 1. The highest BCUT2D eigenvalue weighted by atomic mass is 32.2. The molecule has 170 valence electrons. The number of benzene rings is 1. The van der Waals surface area contributed by atoms with Crippen molar-refractivity contribution in [1.29, 1.82) is 0 Å². The molecule has 2 heterocycles. The summed E-state index contributed by atoms with van der Waals surface area (Å²) in [6, 6.07) is 3.92. The smallest absolute Gasteiger partial charge is 0.312 e. The second kappa shape index (κ2) is 8.55. The monoisotopic (exact) mass is 460 g/mol. The number of nitrogens with zero attached hydrogens (tertiary/aromatic N) is 4. The average Bonchev–Trinajstić information content (AvgIpc) is 3.23. The van der Waals surface area contributed by atoms with Gasteiger partial charge in [0.1, 0.15) is 5.82 Å². The van der Waals surface area contributed by atoms with Gasteiger partial charge in [-0.15, -0.1) is 0 Å². The molecule has 0 saturated carbocycles. The summed E-state index contributed by atoms with van der Waals surface area (Å²) in [4.78, 5) is 24.2. The lowest BCUT2D eigenvalue weighted by atomic mass is 9.98. The molecule has 1 aliphatic carbocycles. The van der Waals surface area contributed by atoms with Crippen LogP contribution in [0.5, 0.6) is 0 Å². The number of carbonyl (C=O) groups excluding carboxylic acids is 1. The van der Waals surface area contributed by atoms with E-state index in [1.165, 1.54) is 0 Å². The van der Waals surface area contributed by atoms with Gasteiger partial charge < -0.3 is 10.3 Å². The largest absolute Gasteiger partial charge is 0.382 e. The standard InChI is InChI=1S/C21H25FN6O3S/c1-3-24-32(30,31)8-4-7-28-17(25-18-19(23)26-21(22)27-20(18)28)11-14-10-15-13(9-12(14)2)5-6-16(15)29/h9-10,24H,3-8,11H2,1-2H3,(H2,23,26,27). The van der Waals surface area contributed by atoms with Crippen LogP contribution in [-0.2, 0) is 29.4 Å². The molecule has 0 spiro atoms. The fourth-order valence-electron chi connectivity index (χ4n) is 4.14. The van der Waals surface area contributed by atoms with Crippen LogP contribution in [0.1, 0.15) is 52.6 Å². The van der Waals surface area contributed by atoms with Gasteiger partial charge in [0.15, 0.2) is 22.8 Å². The lowest BCUT2D eigenvalue weighted by Crippen LogP contribution is -2.26. The Morgan fingerprint density at radius 1 is 1.22 bits per heavy atom. The number of rotatable bonds is 8. The molecular weight excluding hydrogens is 435 g/mol. The van der Waals surface area contributed by atoms with Crippen LogP contribution < -0.4 is 10.5 Å². The molecule has 11 heteroatoms. The van der Waals surface area contributed by atoms with E-state index >= 15 is 0 Å². The number of fused-ring (bicyclic) bond motifs is 2. The highest BCUT2D eigenvalue weighted by molar-refractivity contribution is 7.89. The van der Waals surface area contributed by atoms with Gasteiger partial charge in [-0.05, 0) is 42.5 Å². The summed E-state index contributed by atoms with van der Waals surface area (Å²) in [5.41, 5.74) is 10.1. The van der Waals surface area contributed by atoms with E-state index in [1.54, 1.807) is 11.5 Å². The predicted octanol–water partition coefficient (Wildman–Crippen LogP) is 1.91. The molecule has 0 bridgehead atoms. The summed E-state index contributed by atoms with van der Waals surface area (Å²) in [5.74, 6) is 0.519. The highest BCUT2D eigenvalue weighted by Gasteiger charge is 2.23. The normalized spacial score (nSPS) is 13.8. The number of nitrogens with two attached hydrogens (primary N) is 1. The molecule has 2 aromatic heterocycles. The number of imidazole rings is 1. The summed E-state index contributed by atoms with van der Waals surface area (Å²) in [7, 11) is -3.40. The van der Waals surface area contributed by atoms with Crippen molar-refractivity contribution in [2.24, 2.45) is 0 Å². The molecule has 4 rings (SSSR count). The molecule has 0 fully saturated rings. The molecule has 0 amide bonds. The quantitative estimate of drug-likeness (QED) is 0.491. The number of aryl methyl sites for hydroxylation is 3. The number of aromatic nitrogens is 4. The average molecular weight is 461 g/mol. The van der Waals surface area contributed by atoms with Gasteiger partial charge >= 0.3 is 6.08 Å². The van der Waals surface area contributed by atoms with Crippen molar-refractivity contribution in [1.82, 2.24) is 24.2 Å². The summed E-state index contributed by atoms with van der Waals surface area (Å²) in [6.07, 6.45) is 0.939. The zero-order chi connectivity index (χ0) is 23.0. The number of nitrogens with one attached hydrogen (secondary N) is 1. The van der Waals surface area contributed by atoms with Gasteiger partial charge in [0.05, 0.1) is 5.75 Å². The highest BCUT2D eigenvalue weighted by Crippen LogP contribution is 2.28. The molecule has 9 nitrogen and oxygen atoms in total. The molecule has 1 aromatic carbocycles. The summed E-state index contributed by atoms with van der Waals surface area (Å²) < 4.78 is 42.1. The van der Waals surface area contributed by atoms with Gasteiger partial charge in [-0.2, -0.15) is 14.4 Å². The molecule has 1 aliphatic rings. The molecule has 3 aromatic rings. The molecular formula is C21H25FN6O3S. The summed E-state index contributed by atoms with van der Waals surface area (Å²) >= 11 is 0. The van der Waals surface area contributed by atoms with Crippen LogP contribution in [0.15, 0.2) is 12.1 Å². The Morgan fingerprint density at radius 2 is 2.00 bits per heavy atom. The van der Waals surface area contributed by atoms with E-state index in [9.17, 15) is 17.6 Å².